The van der Waals surface area contributed by atoms with E-state index in [1.54, 1.807) is 29.1 Å². The maximum absolute atomic E-state index is 11.2. The maximum Gasteiger partial charge on any atom is 0.294 e. The molecule has 1 aliphatic rings. The molecule has 6 heteroatoms. The van der Waals surface area contributed by atoms with Gasteiger partial charge in [-0.1, -0.05) is 18.6 Å². The molecule has 2 N–H and O–H groups in total. The molecule has 0 amide bonds. The fraction of sp³-hybridized carbons (Fsp3) is 0.357. The monoisotopic (exact) mass is 272 g/mol. The Morgan fingerprint density at radius 1 is 1.35 bits per heavy atom. The van der Waals surface area contributed by atoms with Crippen molar-refractivity contribution in [2.24, 2.45) is 5.73 Å². The summed E-state index contributed by atoms with van der Waals surface area (Å²) in [7, 11) is 0. The van der Waals surface area contributed by atoms with E-state index in [-0.39, 0.29) is 16.7 Å². The summed E-state index contributed by atoms with van der Waals surface area (Å²) >= 11 is 0. The van der Waals surface area contributed by atoms with Crippen LogP contribution in [0.3, 0.4) is 0 Å². The number of nitrogens with zero attached hydrogens (tertiary/aromatic N) is 3. The molecule has 1 aromatic heterocycles. The van der Waals surface area contributed by atoms with Crippen molar-refractivity contribution in [3.8, 4) is 5.69 Å². The van der Waals surface area contributed by atoms with E-state index in [1.807, 2.05) is 0 Å². The number of aromatic nitrogens is 2. The fourth-order valence-electron chi connectivity index (χ4n) is 2.76. The van der Waals surface area contributed by atoms with Gasteiger partial charge < -0.3 is 5.73 Å². The Bertz CT molecular complexity index is 650. The highest BCUT2D eigenvalue weighted by molar-refractivity contribution is 5.53. The second-order valence-electron chi connectivity index (χ2n) is 5.06. The zero-order valence-electron chi connectivity index (χ0n) is 11.0. The maximum atomic E-state index is 11.2. The van der Waals surface area contributed by atoms with Gasteiger partial charge in [0.15, 0.2) is 0 Å². The zero-order chi connectivity index (χ0) is 14.1. The Labute approximate surface area is 116 Å². The molecule has 1 aromatic carbocycles. The number of benzene rings is 1. The lowest BCUT2D eigenvalue weighted by Gasteiger charge is -2.09. The minimum atomic E-state index is -0.375. The molecule has 0 aliphatic heterocycles. The Balaban J connectivity index is 2.15. The fourth-order valence-corrected chi connectivity index (χ4v) is 2.76. The zero-order valence-corrected chi connectivity index (χ0v) is 11.0. The van der Waals surface area contributed by atoms with Gasteiger partial charge in [-0.05, 0) is 25.3 Å². The van der Waals surface area contributed by atoms with E-state index >= 15 is 0 Å². The van der Waals surface area contributed by atoms with Gasteiger partial charge in [-0.25, -0.2) is 4.68 Å². The van der Waals surface area contributed by atoms with Crippen molar-refractivity contribution in [2.75, 3.05) is 0 Å². The molecule has 1 aliphatic carbocycles. The first kappa shape index (κ1) is 12.8. The molecule has 1 atom stereocenters. The minimum absolute atomic E-state index is 0.0241. The van der Waals surface area contributed by atoms with E-state index in [2.05, 4.69) is 5.10 Å². The highest BCUT2D eigenvalue weighted by Gasteiger charge is 2.23. The largest absolute Gasteiger partial charge is 0.324 e. The van der Waals surface area contributed by atoms with Gasteiger partial charge in [-0.3, -0.25) is 10.1 Å². The van der Waals surface area contributed by atoms with Gasteiger partial charge in [0.2, 0.25) is 0 Å². The summed E-state index contributed by atoms with van der Waals surface area (Å²) in [6.45, 7) is 0. The van der Waals surface area contributed by atoms with Gasteiger partial charge in [0.25, 0.3) is 5.69 Å². The van der Waals surface area contributed by atoms with Crippen molar-refractivity contribution in [1.29, 1.82) is 0 Å². The summed E-state index contributed by atoms with van der Waals surface area (Å²) in [5, 5.41) is 15.5. The van der Waals surface area contributed by atoms with Gasteiger partial charge >= 0.3 is 0 Å². The summed E-state index contributed by atoms with van der Waals surface area (Å²) in [4.78, 5) is 10.8. The van der Waals surface area contributed by atoms with Crippen molar-refractivity contribution in [1.82, 2.24) is 9.78 Å². The highest BCUT2D eigenvalue weighted by Crippen LogP contribution is 2.30. The van der Waals surface area contributed by atoms with Crippen LogP contribution in [0.25, 0.3) is 5.69 Å². The summed E-state index contributed by atoms with van der Waals surface area (Å²) in [5.74, 6) is 0. The summed E-state index contributed by atoms with van der Waals surface area (Å²) in [5.41, 5.74) is 8.74. The topological polar surface area (TPSA) is 87.0 Å². The Kier molecular flexibility index (Phi) is 3.23. The van der Waals surface area contributed by atoms with E-state index in [0.717, 1.165) is 36.9 Å². The number of rotatable bonds is 2. The molecule has 0 saturated heterocycles. The van der Waals surface area contributed by atoms with Crippen LogP contribution >= 0.6 is 0 Å². The quantitative estimate of drug-likeness (QED) is 0.517. The summed E-state index contributed by atoms with van der Waals surface area (Å²) in [6, 6.07) is 6.65. The van der Waals surface area contributed by atoms with Crippen LogP contribution in [0.1, 0.15) is 36.6 Å². The van der Waals surface area contributed by atoms with Crippen LogP contribution < -0.4 is 5.73 Å². The minimum Gasteiger partial charge on any atom is -0.324 e. The van der Waals surface area contributed by atoms with E-state index in [0.29, 0.717) is 5.69 Å². The normalized spacial score (nSPS) is 18.4. The second-order valence-corrected chi connectivity index (χ2v) is 5.06. The highest BCUT2D eigenvalue weighted by atomic mass is 16.6. The molecule has 0 radical (unpaired) electrons. The van der Waals surface area contributed by atoms with Crippen molar-refractivity contribution in [3.63, 3.8) is 0 Å². The van der Waals surface area contributed by atoms with Crippen molar-refractivity contribution in [3.05, 3.63) is 51.8 Å². The third-order valence-electron chi connectivity index (χ3n) is 3.79. The van der Waals surface area contributed by atoms with Crippen LogP contribution in [-0.2, 0) is 6.42 Å². The smallest absolute Gasteiger partial charge is 0.294 e. The lowest BCUT2D eigenvalue weighted by Crippen LogP contribution is -2.10. The van der Waals surface area contributed by atoms with Gasteiger partial charge in [0, 0.05) is 23.4 Å². The average Bonchev–Trinajstić information content (AvgIpc) is 2.78. The van der Waals surface area contributed by atoms with Gasteiger partial charge in [0.1, 0.15) is 5.69 Å². The molecule has 1 heterocycles. The lowest BCUT2D eigenvalue weighted by molar-refractivity contribution is -0.384. The molecule has 0 bridgehead atoms. The molecular formula is C14H16N4O2. The van der Waals surface area contributed by atoms with Crippen LogP contribution in [0.5, 0.6) is 0 Å². The molecule has 0 saturated carbocycles. The Hall–Kier alpha value is -2.21. The number of nitro benzene ring substituents is 1. The van der Waals surface area contributed by atoms with Crippen molar-refractivity contribution >= 4 is 5.69 Å². The predicted molar refractivity (Wildman–Crippen MR) is 74.7 cm³/mol. The standard InChI is InChI=1S/C14H16N4O2/c15-11-5-1-2-6-12-10(11)9-16-17(12)13-7-3-4-8-14(13)18(19)20/h3-4,7-9,11H,1-2,5-6,15H2. The molecule has 6 nitrogen and oxygen atoms in total. The van der Waals surface area contributed by atoms with Gasteiger partial charge in [-0.15, -0.1) is 0 Å². The van der Waals surface area contributed by atoms with Crippen molar-refractivity contribution < 1.29 is 4.92 Å². The predicted octanol–water partition coefficient (Wildman–Crippen LogP) is 2.51. The van der Waals surface area contributed by atoms with Crippen LogP contribution in [0.4, 0.5) is 5.69 Å². The molecule has 1 unspecified atom stereocenters. The van der Waals surface area contributed by atoms with Gasteiger partial charge in [0.05, 0.1) is 11.1 Å². The lowest BCUT2D eigenvalue weighted by atomic mass is 10.1. The van der Waals surface area contributed by atoms with E-state index < -0.39 is 0 Å². The molecule has 3 rings (SSSR count). The summed E-state index contributed by atoms with van der Waals surface area (Å²) in [6.07, 6.45) is 5.66. The third kappa shape index (κ3) is 2.08. The van der Waals surface area contributed by atoms with Crippen LogP contribution in [0, 0.1) is 10.1 Å². The third-order valence-corrected chi connectivity index (χ3v) is 3.79. The first-order valence-corrected chi connectivity index (χ1v) is 6.74. The molecule has 0 spiro atoms. The molecular weight excluding hydrogens is 256 g/mol. The van der Waals surface area contributed by atoms with Crippen LogP contribution in [-0.4, -0.2) is 14.7 Å². The SMILES string of the molecule is NC1CCCCc2c1cnn2-c1ccccc1[N+](=O)[O-]. The van der Waals surface area contributed by atoms with E-state index in [1.165, 1.54) is 6.07 Å². The molecule has 104 valence electrons. The average molecular weight is 272 g/mol. The number of para-hydroxylation sites is 2. The Morgan fingerprint density at radius 2 is 2.15 bits per heavy atom. The van der Waals surface area contributed by atoms with Crippen LogP contribution in [0.2, 0.25) is 0 Å². The first-order valence-electron chi connectivity index (χ1n) is 6.74. The number of nitro groups is 1. The van der Waals surface area contributed by atoms with Gasteiger partial charge in [-0.2, -0.15) is 5.10 Å². The number of hydrogen-bond donors (Lipinski definition) is 1. The number of fused-ring (bicyclic) bond motifs is 1. The van der Waals surface area contributed by atoms with E-state index in [9.17, 15) is 10.1 Å². The Morgan fingerprint density at radius 3 is 2.95 bits per heavy atom. The molecule has 0 fully saturated rings. The summed E-state index contributed by atoms with van der Waals surface area (Å²) < 4.78 is 1.68. The van der Waals surface area contributed by atoms with Crippen molar-refractivity contribution in [2.45, 2.75) is 31.7 Å². The first-order chi connectivity index (χ1) is 9.68. The number of nitrogens with two attached hydrogens (primary N) is 1. The molecule has 20 heavy (non-hydrogen) atoms. The number of hydrogen-bond acceptors (Lipinski definition) is 4. The van der Waals surface area contributed by atoms with E-state index in [4.69, 9.17) is 5.73 Å². The van der Waals surface area contributed by atoms with Crippen LogP contribution in [0.15, 0.2) is 30.5 Å². The molecule has 2 aromatic rings. The second kappa shape index (κ2) is 5.05.